The van der Waals surface area contributed by atoms with Crippen LogP contribution in [0.15, 0.2) is 12.1 Å². The quantitative estimate of drug-likeness (QED) is 0.850. The minimum atomic E-state index is -1.58. The lowest BCUT2D eigenvalue weighted by molar-refractivity contribution is 0.0686. The SMILES string of the molecule is O=C(O)c1c(F)cc(CC2CCCN2)cc1F. The highest BCUT2D eigenvalue weighted by molar-refractivity contribution is 5.88. The third-order valence-corrected chi connectivity index (χ3v) is 2.96. The number of hydrogen-bond acceptors (Lipinski definition) is 2. The van der Waals surface area contributed by atoms with E-state index in [1.54, 1.807) is 0 Å². The predicted octanol–water partition coefficient (Wildman–Crippen LogP) is 1.96. The first-order valence-electron chi connectivity index (χ1n) is 5.52. The number of rotatable bonds is 3. The predicted molar refractivity (Wildman–Crippen MR) is 58.0 cm³/mol. The molecule has 1 aliphatic rings. The summed E-state index contributed by atoms with van der Waals surface area (Å²) in [7, 11) is 0. The van der Waals surface area contributed by atoms with Crippen LogP contribution in [0.2, 0.25) is 0 Å². The zero-order valence-electron chi connectivity index (χ0n) is 9.17. The molecule has 2 N–H and O–H groups in total. The monoisotopic (exact) mass is 241 g/mol. The topological polar surface area (TPSA) is 49.3 Å². The molecule has 0 spiro atoms. The molecule has 5 heteroatoms. The van der Waals surface area contributed by atoms with Crippen LogP contribution in [-0.2, 0) is 6.42 Å². The van der Waals surface area contributed by atoms with Crippen molar-refractivity contribution < 1.29 is 18.7 Å². The summed E-state index contributed by atoms with van der Waals surface area (Å²) in [5.74, 6) is -3.60. The summed E-state index contributed by atoms with van der Waals surface area (Å²) in [5, 5.41) is 11.8. The maximum atomic E-state index is 13.4. The van der Waals surface area contributed by atoms with Crippen LogP contribution >= 0.6 is 0 Å². The molecule has 0 aromatic heterocycles. The number of benzene rings is 1. The molecule has 0 radical (unpaired) electrons. The molecule has 92 valence electrons. The highest BCUT2D eigenvalue weighted by Gasteiger charge is 2.20. The summed E-state index contributed by atoms with van der Waals surface area (Å²) in [6.07, 6.45) is 2.56. The second-order valence-corrected chi connectivity index (χ2v) is 4.24. The Morgan fingerprint density at radius 3 is 2.53 bits per heavy atom. The van der Waals surface area contributed by atoms with Crippen LogP contribution in [-0.4, -0.2) is 23.7 Å². The molecule has 2 rings (SSSR count). The van der Waals surface area contributed by atoms with Crippen LogP contribution in [0.4, 0.5) is 8.78 Å². The van der Waals surface area contributed by atoms with Crippen LogP contribution in [0.1, 0.15) is 28.8 Å². The first-order valence-corrected chi connectivity index (χ1v) is 5.52. The van der Waals surface area contributed by atoms with Crippen LogP contribution in [0, 0.1) is 11.6 Å². The van der Waals surface area contributed by atoms with E-state index in [1.165, 1.54) is 0 Å². The summed E-state index contributed by atoms with van der Waals surface area (Å²) in [6.45, 7) is 0.919. The van der Waals surface area contributed by atoms with E-state index in [4.69, 9.17) is 5.11 Å². The zero-order valence-corrected chi connectivity index (χ0v) is 9.17. The Balaban J connectivity index is 2.22. The molecule has 1 aromatic rings. The molecule has 1 unspecified atom stereocenters. The van der Waals surface area contributed by atoms with Crippen molar-refractivity contribution in [3.63, 3.8) is 0 Å². The van der Waals surface area contributed by atoms with Gasteiger partial charge in [-0.1, -0.05) is 0 Å². The Morgan fingerprint density at radius 2 is 2.06 bits per heavy atom. The van der Waals surface area contributed by atoms with E-state index < -0.39 is 23.2 Å². The lowest BCUT2D eigenvalue weighted by atomic mass is 10.0. The number of halogens is 2. The van der Waals surface area contributed by atoms with Gasteiger partial charge in [-0.2, -0.15) is 0 Å². The Kier molecular flexibility index (Phi) is 3.38. The molecule has 1 fully saturated rings. The van der Waals surface area contributed by atoms with Crippen LogP contribution in [0.25, 0.3) is 0 Å². The molecule has 0 aliphatic carbocycles. The van der Waals surface area contributed by atoms with Gasteiger partial charge in [0.05, 0.1) is 0 Å². The molecular formula is C12H13F2NO2. The number of carbonyl (C=O) groups is 1. The van der Waals surface area contributed by atoms with E-state index >= 15 is 0 Å². The van der Waals surface area contributed by atoms with Crippen molar-refractivity contribution in [2.75, 3.05) is 6.54 Å². The van der Waals surface area contributed by atoms with Gasteiger partial charge in [-0.15, -0.1) is 0 Å². The molecule has 3 nitrogen and oxygen atoms in total. The fraction of sp³-hybridized carbons (Fsp3) is 0.417. The number of nitrogens with one attached hydrogen (secondary N) is 1. The summed E-state index contributed by atoms with van der Waals surface area (Å²) in [4.78, 5) is 10.6. The van der Waals surface area contributed by atoms with Gasteiger partial charge >= 0.3 is 5.97 Å². The number of aromatic carboxylic acids is 1. The minimum absolute atomic E-state index is 0.226. The lowest BCUT2D eigenvalue weighted by Gasteiger charge is -2.11. The standard InChI is InChI=1S/C12H13F2NO2/c13-9-5-7(4-8-2-1-3-15-8)6-10(14)11(9)12(16)17/h5-6,8,15H,1-4H2,(H,16,17). The fourth-order valence-electron chi connectivity index (χ4n) is 2.16. The van der Waals surface area contributed by atoms with Crippen molar-refractivity contribution in [2.24, 2.45) is 0 Å². The summed E-state index contributed by atoms with van der Waals surface area (Å²) < 4.78 is 26.8. The average molecular weight is 241 g/mol. The fourth-order valence-corrected chi connectivity index (χ4v) is 2.16. The largest absolute Gasteiger partial charge is 0.477 e. The normalized spacial score (nSPS) is 19.5. The van der Waals surface area contributed by atoms with Crippen molar-refractivity contribution >= 4 is 5.97 Å². The first-order chi connectivity index (χ1) is 8.08. The molecule has 1 atom stereocenters. The van der Waals surface area contributed by atoms with Crippen LogP contribution in [0.3, 0.4) is 0 Å². The molecule has 1 saturated heterocycles. The van der Waals surface area contributed by atoms with E-state index in [1.807, 2.05) is 0 Å². The van der Waals surface area contributed by atoms with E-state index in [-0.39, 0.29) is 6.04 Å². The number of carboxylic acid groups (broad SMARTS) is 1. The third-order valence-electron chi connectivity index (χ3n) is 2.96. The van der Waals surface area contributed by atoms with Crippen molar-refractivity contribution in [1.29, 1.82) is 0 Å². The van der Waals surface area contributed by atoms with Gasteiger partial charge in [-0.05, 0) is 43.5 Å². The van der Waals surface area contributed by atoms with Crippen LogP contribution in [0.5, 0.6) is 0 Å². The van der Waals surface area contributed by atoms with Gasteiger partial charge < -0.3 is 10.4 Å². The first kappa shape index (κ1) is 12.0. The third kappa shape index (κ3) is 2.61. The molecule has 1 aromatic carbocycles. The second-order valence-electron chi connectivity index (χ2n) is 4.24. The average Bonchev–Trinajstić information content (AvgIpc) is 2.68. The van der Waals surface area contributed by atoms with E-state index in [2.05, 4.69) is 5.32 Å². The van der Waals surface area contributed by atoms with Crippen molar-refractivity contribution in [2.45, 2.75) is 25.3 Å². The van der Waals surface area contributed by atoms with Crippen molar-refractivity contribution in [3.8, 4) is 0 Å². The Labute approximate surface area is 97.5 Å². The highest BCUT2D eigenvalue weighted by atomic mass is 19.1. The number of carboxylic acids is 1. The summed E-state index contributed by atoms with van der Waals surface area (Å²) in [5.41, 5.74) is -0.391. The Morgan fingerprint density at radius 1 is 1.41 bits per heavy atom. The Hall–Kier alpha value is -1.49. The molecule has 17 heavy (non-hydrogen) atoms. The summed E-state index contributed by atoms with van der Waals surface area (Å²) in [6, 6.07) is 2.43. The maximum Gasteiger partial charge on any atom is 0.341 e. The van der Waals surface area contributed by atoms with Gasteiger partial charge in [0.25, 0.3) is 0 Å². The zero-order chi connectivity index (χ0) is 12.4. The second kappa shape index (κ2) is 4.79. The van der Waals surface area contributed by atoms with Gasteiger partial charge in [-0.25, -0.2) is 13.6 Å². The smallest absolute Gasteiger partial charge is 0.341 e. The van der Waals surface area contributed by atoms with Crippen molar-refractivity contribution in [1.82, 2.24) is 5.32 Å². The van der Waals surface area contributed by atoms with Gasteiger partial charge in [0, 0.05) is 6.04 Å². The minimum Gasteiger partial charge on any atom is -0.477 e. The molecule has 1 aliphatic heterocycles. The highest BCUT2D eigenvalue weighted by Crippen LogP contribution is 2.18. The molecule has 0 saturated carbocycles. The Bertz CT molecular complexity index is 419. The van der Waals surface area contributed by atoms with Gasteiger partial charge in [0.15, 0.2) is 0 Å². The van der Waals surface area contributed by atoms with Crippen LogP contribution < -0.4 is 5.32 Å². The molecular weight excluding hydrogens is 228 g/mol. The maximum absolute atomic E-state index is 13.4. The molecule has 0 amide bonds. The van der Waals surface area contributed by atoms with Crippen molar-refractivity contribution in [3.05, 3.63) is 34.9 Å². The molecule has 0 bridgehead atoms. The van der Waals surface area contributed by atoms with Gasteiger partial charge in [-0.3, -0.25) is 0 Å². The van der Waals surface area contributed by atoms with E-state index in [9.17, 15) is 13.6 Å². The molecule has 1 heterocycles. The number of hydrogen-bond donors (Lipinski definition) is 2. The summed E-state index contributed by atoms with van der Waals surface area (Å²) >= 11 is 0. The lowest BCUT2D eigenvalue weighted by Crippen LogP contribution is -2.23. The van der Waals surface area contributed by atoms with E-state index in [0.29, 0.717) is 12.0 Å². The van der Waals surface area contributed by atoms with Gasteiger partial charge in [0.1, 0.15) is 17.2 Å². The van der Waals surface area contributed by atoms with Gasteiger partial charge in [0.2, 0.25) is 0 Å². The van der Waals surface area contributed by atoms with E-state index in [0.717, 1.165) is 31.5 Å².